The number of carbonyl (C=O) groups excluding carboxylic acids is 3. The second-order valence-electron chi connectivity index (χ2n) is 7.64. The SMILES string of the molecule is CC(=O)N=C(N)CNCc1ccc(-c2ccc(N3C[C@H](CNC(C)=O)OC3=O)cc2F)cc1. The average Bonchev–Trinajstić information content (AvgIpc) is 3.13. The highest BCUT2D eigenvalue weighted by atomic mass is 19.1. The number of carbonyl (C=O) groups is 3. The number of ether oxygens (including phenoxy) is 1. The number of nitrogens with two attached hydrogens (primary N) is 1. The van der Waals surface area contributed by atoms with Crippen LogP contribution in [-0.2, 0) is 20.9 Å². The minimum atomic E-state index is -0.580. The Bertz CT molecular complexity index is 1070. The Hall–Kier alpha value is -3.79. The monoisotopic (exact) mass is 455 g/mol. The molecule has 2 aromatic rings. The van der Waals surface area contributed by atoms with E-state index in [1.807, 2.05) is 12.1 Å². The smallest absolute Gasteiger partial charge is 0.414 e. The van der Waals surface area contributed by atoms with E-state index in [1.165, 1.54) is 24.8 Å². The Morgan fingerprint density at radius 3 is 2.58 bits per heavy atom. The van der Waals surface area contributed by atoms with Crippen LogP contribution >= 0.6 is 0 Å². The number of aliphatic imine (C=N–C) groups is 1. The highest BCUT2D eigenvalue weighted by Crippen LogP contribution is 2.29. The lowest BCUT2D eigenvalue weighted by atomic mass is 10.0. The van der Waals surface area contributed by atoms with Gasteiger partial charge < -0.3 is 21.1 Å². The Morgan fingerprint density at radius 2 is 1.94 bits per heavy atom. The summed E-state index contributed by atoms with van der Waals surface area (Å²) in [5.41, 5.74) is 8.06. The Kier molecular flexibility index (Phi) is 7.73. The molecule has 1 fully saturated rings. The Balaban J connectivity index is 1.62. The molecule has 3 rings (SSSR count). The molecule has 0 spiro atoms. The van der Waals surface area contributed by atoms with Gasteiger partial charge in [-0.25, -0.2) is 9.18 Å². The van der Waals surface area contributed by atoms with E-state index in [9.17, 15) is 18.8 Å². The van der Waals surface area contributed by atoms with Crippen molar-refractivity contribution in [2.24, 2.45) is 10.7 Å². The lowest BCUT2D eigenvalue weighted by Gasteiger charge is -2.15. The van der Waals surface area contributed by atoms with Gasteiger partial charge in [0.2, 0.25) is 11.8 Å². The number of cyclic esters (lactones) is 1. The summed E-state index contributed by atoms with van der Waals surface area (Å²) in [6.07, 6.45) is -1.07. The first kappa shape index (κ1) is 23.9. The Labute approximate surface area is 190 Å². The van der Waals surface area contributed by atoms with Gasteiger partial charge in [0.1, 0.15) is 17.8 Å². The molecule has 0 bridgehead atoms. The molecule has 1 heterocycles. The standard InChI is InChI=1S/C23H26FN5O4/c1-14(30)27-11-19-13-29(23(32)33-19)18-7-8-20(21(24)9-18)17-5-3-16(4-6-17)10-26-12-22(25)28-15(2)31/h3-9,19,26H,10-13H2,1-2H3,(H,27,30)(H2,25,28,31)/t19-/m0/s1. The van der Waals surface area contributed by atoms with Gasteiger partial charge in [-0.1, -0.05) is 24.3 Å². The van der Waals surface area contributed by atoms with Crippen LogP contribution in [0.2, 0.25) is 0 Å². The fourth-order valence-corrected chi connectivity index (χ4v) is 3.38. The molecule has 0 saturated carbocycles. The van der Waals surface area contributed by atoms with Crippen molar-refractivity contribution in [2.45, 2.75) is 26.5 Å². The zero-order valence-corrected chi connectivity index (χ0v) is 18.4. The molecule has 33 heavy (non-hydrogen) atoms. The van der Waals surface area contributed by atoms with Gasteiger partial charge in [-0.2, -0.15) is 4.99 Å². The van der Waals surface area contributed by atoms with Crippen molar-refractivity contribution >= 4 is 29.4 Å². The van der Waals surface area contributed by atoms with Crippen LogP contribution in [0.1, 0.15) is 19.4 Å². The largest absolute Gasteiger partial charge is 0.442 e. The third-order valence-electron chi connectivity index (χ3n) is 4.92. The molecule has 0 radical (unpaired) electrons. The Morgan fingerprint density at radius 1 is 1.21 bits per heavy atom. The van der Waals surface area contributed by atoms with Crippen LogP contribution in [0, 0.1) is 5.82 Å². The lowest BCUT2D eigenvalue weighted by molar-refractivity contribution is -0.119. The summed E-state index contributed by atoms with van der Waals surface area (Å²) in [6.45, 7) is 3.93. The molecule has 1 atom stereocenters. The molecule has 10 heteroatoms. The van der Waals surface area contributed by atoms with Gasteiger partial charge in [-0.3, -0.25) is 14.5 Å². The van der Waals surface area contributed by atoms with Gasteiger partial charge in [0.15, 0.2) is 0 Å². The summed E-state index contributed by atoms with van der Waals surface area (Å²) in [7, 11) is 0. The molecule has 174 valence electrons. The van der Waals surface area contributed by atoms with E-state index in [0.29, 0.717) is 23.4 Å². The fourth-order valence-electron chi connectivity index (χ4n) is 3.38. The van der Waals surface area contributed by atoms with Gasteiger partial charge in [-0.05, 0) is 29.3 Å². The number of rotatable bonds is 8. The summed E-state index contributed by atoms with van der Waals surface area (Å²) >= 11 is 0. The summed E-state index contributed by atoms with van der Waals surface area (Å²) in [5, 5.41) is 5.69. The van der Waals surface area contributed by atoms with Crippen molar-refractivity contribution in [3.8, 4) is 11.1 Å². The third-order valence-corrected chi connectivity index (χ3v) is 4.92. The summed E-state index contributed by atoms with van der Waals surface area (Å²) in [5.74, 6) is -0.819. The van der Waals surface area contributed by atoms with Crippen LogP contribution in [-0.4, -0.2) is 49.5 Å². The van der Waals surface area contributed by atoms with E-state index in [2.05, 4.69) is 15.6 Å². The van der Waals surface area contributed by atoms with Gasteiger partial charge in [-0.15, -0.1) is 0 Å². The highest BCUT2D eigenvalue weighted by Gasteiger charge is 2.32. The molecule has 1 saturated heterocycles. The predicted molar refractivity (Wildman–Crippen MR) is 122 cm³/mol. The molecular weight excluding hydrogens is 429 g/mol. The molecule has 1 aliphatic heterocycles. The number of benzene rings is 2. The minimum Gasteiger partial charge on any atom is -0.442 e. The van der Waals surface area contributed by atoms with Gasteiger partial charge >= 0.3 is 6.09 Å². The summed E-state index contributed by atoms with van der Waals surface area (Å²) in [6, 6.07) is 11.9. The van der Waals surface area contributed by atoms with Crippen LogP contribution in [0.15, 0.2) is 47.5 Å². The normalized spacial score (nSPS) is 16.0. The topological polar surface area (TPSA) is 126 Å². The van der Waals surface area contributed by atoms with Crippen LogP contribution in [0.4, 0.5) is 14.9 Å². The minimum absolute atomic E-state index is 0.204. The number of nitrogens with one attached hydrogen (secondary N) is 2. The van der Waals surface area contributed by atoms with Crippen LogP contribution in [0.5, 0.6) is 0 Å². The van der Waals surface area contributed by atoms with Crippen LogP contribution in [0.3, 0.4) is 0 Å². The van der Waals surface area contributed by atoms with Gasteiger partial charge in [0.25, 0.3) is 0 Å². The van der Waals surface area contributed by atoms with Crippen molar-refractivity contribution in [1.82, 2.24) is 10.6 Å². The molecule has 0 aromatic heterocycles. The molecule has 9 nitrogen and oxygen atoms in total. The summed E-state index contributed by atoms with van der Waals surface area (Å²) < 4.78 is 20.1. The second-order valence-corrected chi connectivity index (χ2v) is 7.64. The van der Waals surface area contributed by atoms with E-state index in [-0.39, 0.29) is 37.3 Å². The maximum atomic E-state index is 14.9. The third kappa shape index (κ3) is 6.59. The van der Waals surface area contributed by atoms with E-state index in [4.69, 9.17) is 10.5 Å². The molecular formula is C23H26FN5O4. The van der Waals surface area contributed by atoms with E-state index in [1.54, 1.807) is 24.3 Å². The maximum Gasteiger partial charge on any atom is 0.414 e. The number of anilines is 1. The van der Waals surface area contributed by atoms with Crippen molar-refractivity contribution < 1.29 is 23.5 Å². The number of amidine groups is 1. The zero-order chi connectivity index (χ0) is 24.0. The number of hydrogen-bond donors (Lipinski definition) is 3. The number of halogens is 1. The number of amides is 3. The van der Waals surface area contributed by atoms with Crippen LogP contribution in [0.25, 0.3) is 11.1 Å². The van der Waals surface area contributed by atoms with Gasteiger partial charge in [0, 0.05) is 26.0 Å². The van der Waals surface area contributed by atoms with Crippen LogP contribution < -0.4 is 21.3 Å². The van der Waals surface area contributed by atoms with Crippen molar-refractivity contribution in [3.05, 3.63) is 53.8 Å². The van der Waals surface area contributed by atoms with E-state index in [0.717, 1.165) is 5.56 Å². The first-order chi connectivity index (χ1) is 15.7. The zero-order valence-electron chi connectivity index (χ0n) is 18.4. The molecule has 2 aromatic carbocycles. The van der Waals surface area contributed by atoms with Crippen molar-refractivity contribution in [1.29, 1.82) is 0 Å². The second kappa shape index (κ2) is 10.7. The van der Waals surface area contributed by atoms with E-state index >= 15 is 0 Å². The average molecular weight is 455 g/mol. The molecule has 0 aliphatic carbocycles. The first-order valence-electron chi connectivity index (χ1n) is 10.4. The predicted octanol–water partition coefficient (Wildman–Crippen LogP) is 1.95. The number of hydrogen-bond acceptors (Lipinski definition) is 5. The molecule has 3 amide bonds. The number of nitrogens with zero attached hydrogens (tertiary/aromatic N) is 2. The summed E-state index contributed by atoms with van der Waals surface area (Å²) in [4.78, 5) is 39.1. The highest BCUT2D eigenvalue weighted by molar-refractivity contribution is 5.93. The fraction of sp³-hybridized carbons (Fsp3) is 0.304. The quantitative estimate of drug-likeness (QED) is 0.413. The molecule has 4 N–H and O–H groups in total. The maximum absolute atomic E-state index is 14.9. The van der Waals surface area contributed by atoms with E-state index < -0.39 is 18.0 Å². The first-order valence-corrected chi connectivity index (χ1v) is 10.4. The van der Waals surface area contributed by atoms with Crippen molar-refractivity contribution in [2.75, 3.05) is 24.5 Å². The molecule has 1 aliphatic rings. The lowest BCUT2D eigenvalue weighted by Crippen LogP contribution is -2.33. The van der Waals surface area contributed by atoms with Gasteiger partial charge in [0.05, 0.1) is 25.3 Å². The van der Waals surface area contributed by atoms with Crippen molar-refractivity contribution in [3.63, 3.8) is 0 Å². The molecule has 0 unspecified atom stereocenters.